The van der Waals surface area contributed by atoms with Crippen molar-refractivity contribution in [2.45, 2.75) is 57.5 Å². The molecule has 0 spiro atoms. The molecule has 3 heterocycles. The second kappa shape index (κ2) is 16.6. The van der Waals surface area contributed by atoms with Crippen LogP contribution in [0.4, 0.5) is 13.2 Å². The summed E-state index contributed by atoms with van der Waals surface area (Å²) in [5.74, 6) is 0.998. The Morgan fingerprint density at radius 2 is 1.36 bits per heavy atom. The molecule has 0 atom stereocenters. The zero-order valence-electron chi connectivity index (χ0n) is 32.0. The quantitative estimate of drug-likeness (QED) is 0.101. The van der Waals surface area contributed by atoms with Gasteiger partial charge in [0.05, 0.1) is 22.5 Å². The summed E-state index contributed by atoms with van der Waals surface area (Å²) in [5.41, 5.74) is 6.86. The fraction of sp³-hybridized carbons (Fsp3) is 0.217. The van der Waals surface area contributed by atoms with Crippen LogP contribution in [0.2, 0.25) is 0 Å². The molecule has 0 unspecified atom stereocenters. The van der Waals surface area contributed by atoms with Gasteiger partial charge in [-0.1, -0.05) is 135 Å². The number of benzene rings is 5. The standard InChI is InChI=1S/C46H40BrF3N6O2/c1-3-4-24-39-37(40(29-57-2)55(52-39)30-45(48,49)50)27-31-25-26-41-38(28-31)42(47)43(58-41)35-22-14-15-23-36(35)44-51-54-56(53-44)46(32-16-8-5-9-17-32,33-18-10-6-11-19-33)34-20-12-7-13-21-34/h5-23,25-26,28H,3-4,24,27,29-30H2,1-2H3. The third-order valence-electron chi connectivity index (χ3n) is 10.4. The molecule has 0 saturated carbocycles. The fourth-order valence-electron chi connectivity index (χ4n) is 7.76. The normalized spacial score (nSPS) is 12.1. The first kappa shape index (κ1) is 39.0. The predicted octanol–water partition coefficient (Wildman–Crippen LogP) is 11.2. The lowest BCUT2D eigenvalue weighted by molar-refractivity contribution is -0.143. The van der Waals surface area contributed by atoms with Crippen molar-refractivity contribution in [3.8, 4) is 22.7 Å². The molecular weight excluding hydrogens is 805 g/mol. The Morgan fingerprint density at radius 3 is 1.95 bits per heavy atom. The summed E-state index contributed by atoms with van der Waals surface area (Å²) < 4.78 is 54.6. The molecule has 0 N–H and O–H groups in total. The smallest absolute Gasteiger partial charge is 0.408 e. The van der Waals surface area contributed by atoms with Crippen molar-refractivity contribution >= 4 is 26.9 Å². The first-order valence-corrected chi connectivity index (χ1v) is 19.9. The first-order chi connectivity index (χ1) is 28.2. The highest BCUT2D eigenvalue weighted by atomic mass is 79.9. The number of hydrogen-bond acceptors (Lipinski definition) is 6. The summed E-state index contributed by atoms with van der Waals surface area (Å²) in [6, 6.07) is 44.1. The lowest BCUT2D eigenvalue weighted by atomic mass is 9.77. The molecule has 0 amide bonds. The molecule has 3 aromatic heterocycles. The van der Waals surface area contributed by atoms with Gasteiger partial charge in [-0.2, -0.15) is 18.3 Å². The largest absolute Gasteiger partial charge is 0.455 e. The highest BCUT2D eigenvalue weighted by Crippen LogP contribution is 2.43. The van der Waals surface area contributed by atoms with Crippen molar-refractivity contribution < 1.29 is 22.3 Å². The number of furan rings is 1. The Hall–Kier alpha value is -5.85. The number of aryl methyl sites for hydroxylation is 1. The topological polar surface area (TPSA) is 83.8 Å². The predicted molar refractivity (Wildman–Crippen MR) is 221 cm³/mol. The van der Waals surface area contributed by atoms with Crippen LogP contribution >= 0.6 is 15.9 Å². The van der Waals surface area contributed by atoms with E-state index in [2.05, 4.69) is 57.4 Å². The Balaban J connectivity index is 1.20. The van der Waals surface area contributed by atoms with Gasteiger partial charge in [0.15, 0.2) is 5.54 Å². The molecule has 12 heteroatoms. The van der Waals surface area contributed by atoms with Gasteiger partial charge in [0.25, 0.3) is 0 Å². The summed E-state index contributed by atoms with van der Waals surface area (Å²) in [6.07, 6.45) is -1.75. The third-order valence-corrected chi connectivity index (χ3v) is 11.2. The van der Waals surface area contributed by atoms with E-state index < -0.39 is 18.3 Å². The Morgan fingerprint density at radius 1 is 0.759 bits per heavy atom. The van der Waals surface area contributed by atoms with E-state index in [0.29, 0.717) is 41.4 Å². The summed E-state index contributed by atoms with van der Waals surface area (Å²) in [7, 11) is 1.48. The van der Waals surface area contributed by atoms with E-state index in [1.54, 1.807) is 4.80 Å². The van der Waals surface area contributed by atoms with Gasteiger partial charge in [-0.3, -0.25) is 4.68 Å². The molecular formula is C46H40BrF3N6O2. The zero-order valence-corrected chi connectivity index (χ0v) is 33.5. The number of fused-ring (bicyclic) bond motifs is 1. The van der Waals surface area contributed by atoms with Crippen LogP contribution in [0.15, 0.2) is 142 Å². The van der Waals surface area contributed by atoms with Crippen LogP contribution in [0.1, 0.15) is 59.0 Å². The van der Waals surface area contributed by atoms with Crippen molar-refractivity contribution in [1.82, 2.24) is 30.0 Å². The molecule has 0 saturated heterocycles. The Kier molecular flexibility index (Phi) is 11.1. The average molecular weight is 846 g/mol. The number of tetrazole rings is 1. The average Bonchev–Trinajstić information content (AvgIpc) is 3.94. The first-order valence-electron chi connectivity index (χ1n) is 19.1. The SMILES string of the molecule is CCCCc1nn(CC(F)(F)F)c(COC)c1Cc1ccc2oc(-c3ccccc3-c3nnn(C(c4ccccc4)(c4ccccc4)c4ccccc4)n3)c(Br)c2c1. The number of ether oxygens (including phenoxy) is 1. The molecule has 0 aliphatic carbocycles. The number of alkyl halides is 3. The van der Waals surface area contributed by atoms with Crippen molar-refractivity contribution in [1.29, 1.82) is 0 Å². The van der Waals surface area contributed by atoms with Crippen molar-refractivity contribution in [2.24, 2.45) is 0 Å². The molecule has 0 radical (unpaired) electrons. The van der Waals surface area contributed by atoms with E-state index in [0.717, 1.165) is 66.3 Å². The number of rotatable bonds is 14. The lowest BCUT2D eigenvalue weighted by Gasteiger charge is -2.34. The number of unbranched alkanes of at least 4 members (excludes halogenated alkanes) is 1. The Bertz CT molecular complexity index is 2540. The van der Waals surface area contributed by atoms with Gasteiger partial charge in [0.2, 0.25) is 5.82 Å². The maximum absolute atomic E-state index is 13.6. The van der Waals surface area contributed by atoms with Gasteiger partial charge in [-0.15, -0.1) is 15.0 Å². The van der Waals surface area contributed by atoms with Gasteiger partial charge in [-0.25, -0.2) is 0 Å². The van der Waals surface area contributed by atoms with E-state index in [4.69, 9.17) is 24.6 Å². The van der Waals surface area contributed by atoms with Crippen molar-refractivity contribution in [3.63, 3.8) is 0 Å². The molecule has 8 rings (SSSR count). The lowest BCUT2D eigenvalue weighted by Crippen LogP contribution is -2.39. The summed E-state index contributed by atoms with van der Waals surface area (Å²) in [5, 5.41) is 19.8. The van der Waals surface area contributed by atoms with Gasteiger partial charge in [0.1, 0.15) is 17.9 Å². The van der Waals surface area contributed by atoms with Gasteiger partial charge in [0, 0.05) is 35.6 Å². The molecule has 0 fully saturated rings. The molecule has 0 aliphatic heterocycles. The zero-order chi connectivity index (χ0) is 40.3. The maximum atomic E-state index is 13.6. The van der Waals surface area contributed by atoms with E-state index >= 15 is 0 Å². The van der Waals surface area contributed by atoms with Crippen LogP contribution < -0.4 is 0 Å². The van der Waals surface area contributed by atoms with Crippen LogP contribution in [-0.2, 0) is 36.3 Å². The monoisotopic (exact) mass is 844 g/mol. The molecule has 5 aromatic carbocycles. The van der Waals surface area contributed by atoms with Crippen LogP contribution in [0.3, 0.4) is 0 Å². The number of methoxy groups -OCH3 is 1. The molecule has 294 valence electrons. The summed E-state index contributed by atoms with van der Waals surface area (Å²) >= 11 is 3.85. The second-order valence-corrected chi connectivity index (χ2v) is 15.0. The second-order valence-electron chi connectivity index (χ2n) is 14.2. The van der Waals surface area contributed by atoms with E-state index in [1.165, 1.54) is 7.11 Å². The van der Waals surface area contributed by atoms with Crippen LogP contribution in [0.25, 0.3) is 33.7 Å². The van der Waals surface area contributed by atoms with Gasteiger partial charge < -0.3 is 9.15 Å². The third kappa shape index (κ3) is 7.49. The molecule has 8 nitrogen and oxygen atoms in total. The highest BCUT2D eigenvalue weighted by molar-refractivity contribution is 9.10. The minimum absolute atomic E-state index is 0.0188. The highest BCUT2D eigenvalue weighted by Gasteiger charge is 2.41. The van der Waals surface area contributed by atoms with E-state index in [-0.39, 0.29) is 6.61 Å². The van der Waals surface area contributed by atoms with E-state index in [9.17, 15) is 13.2 Å². The van der Waals surface area contributed by atoms with Crippen LogP contribution in [-0.4, -0.2) is 43.3 Å². The maximum Gasteiger partial charge on any atom is 0.408 e. The van der Waals surface area contributed by atoms with Crippen LogP contribution in [0.5, 0.6) is 0 Å². The molecule has 0 bridgehead atoms. The number of hydrogen-bond donors (Lipinski definition) is 0. The summed E-state index contributed by atoms with van der Waals surface area (Å²) in [4.78, 5) is 1.70. The van der Waals surface area contributed by atoms with Gasteiger partial charge in [-0.05, 0) is 68.4 Å². The minimum Gasteiger partial charge on any atom is -0.455 e. The number of aromatic nitrogens is 6. The molecule has 8 aromatic rings. The number of nitrogens with zero attached hydrogens (tertiary/aromatic N) is 6. The molecule has 58 heavy (non-hydrogen) atoms. The fourth-order valence-corrected chi connectivity index (χ4v) is 8.37. The summed E-state index contributed by atoms with van der Waals surface area (Å²) in [6.45, 7) is 0.896. The van der Waals surface area contributed by atoms with Gasteiger partial charge >= 0.3 is 6.18 Å². The van der Waals surface area contributed by atoms with E-state index in [1.807, 2.05) is 104 Å². The van der Waals surface area contributed by atoms with Crippen molar-refractivity contribution in [2.75, 3.05) is 7.11 Å². The molecule has 0 aliphatic rings. The Labute approximate surface area is 342 Å². The minimum atomic E-state index is -4.42. The van der Waals surface area contributed by atoms with Crippen LogP contribution in [0, 0.1) is 0 Å². The number of halogens is 4. The van der Waals surface area contributed by atoms with Crippen molar-refractivity contribution in [3.05, 3.63) is 177 Å².